The summed E-state index contributed by atoms with van der Waals surface area (Å²) in [6.07, 6.45) is 1.79. The maximum atomic E-state index is 11.9. The molecule has 144 valence electrons. The van der Waals surface area contributed by atoms with Gasteiger partial charge in [0.2, 0.25) is 5.91 Å². The molecule has 0 atom stereocenters. The third kappa shape index (κ3) is 3.90. The second-order valence-corrected chi connectivity index (χ2v) is 8.39. The summed E-state index contributed by atoms with van der Waals surface area (Å²) in [5, 5.41) is 4.60. The zero-order chi connectivity index (χ0) is 20.0. The molecule has 0 aliphatic carbocycles. The van der Waals surface area contributed by atoms with Gasteiger partial charge in [-0.05, 0) is 38.7 Å². The van der Waals surface area contributed by atoms with Crippen molar-refractivity contribution in [1.82, 2.24) is 14.7 Å². The molecule has 0 N–H and O–H groups in total. The van der Waals surface area contributed by atoms with E-state index in [0.717, 1.165) is 16.6 Å². The van der Waals surface area contributed by atoms with E-state index in [1.807, 2.05) is 52.0 Å². The predicted molar refractivity (Wildman–Crippen MR) is 107 cm³/mol. The van der Waals surface area contributed by atoms with Crippen LogP contribution in [0.2, 0.25) is 5.15 Å². The van der Waals surface area contributed by atoms with Gasteiger partial charge < -0.3 is 14.2 Å². The first-order valence-corrected chi connectivity index (χ1v) is 9.27. The molecule has 1 aromatic carbocycles. The van der Waals surface area contributed by atoms with Crippen LogP contribution in [0.15, 0.2) is 30.5 Å². The molecule has 27 heavy (non-hydrogen) atoms. The highest BCUT2D eigenvalue weighted by Gasteiger charge is 2.51. The molecule has 0 radical (unpaired) electrons. The topological polar surface area (TPSA) is 56.6 Å². The standard InChI is InChI=1S/C19H25BClN3O3/c1-18(2)19(3,4)27-20(26-18)14-9-7-13(8-10-14)15-11-24(22-17(15)21)12-16(25)23(5)6/h7-11H,12H2,1-6H3. The van der Waals surface area contributed by atoms with Crippen molar-refractivity contribution in [2.24, 2.45) is 0 Å². The van der Waals surface area contributed by atoms with Crippen LogP contribution in [0.1, 0.15) is 27.7 Å². The minimum atomic E-state index is -0.403. The molecule has 1 fully saturated rings. The summed E-state index contributed by atoms with van der Waals surface area (Å²) >= 11 is 6.28. The SMILES string of the molecule is CN(C)C(=O)Cn1cc(-c2ccc(B3OC(C)(C)C(C)(C)O3)cc2)c(Cl)n1. The van der Waals surface area contributed by atoms with Gasteiger partial charge in [-0.2, -0.15) is 5.10 Å². The van der Waals surface area contributed by atoms with Crippen molar-refractivity contribution in [2.75, 3.05) is 14.1 Å². The highest BCUT2D eigenvalue weighted by molar-refractivity contribution is 6.62. The van der Waals surface area contributed by atoms with Crippen molar-refractivity contribution in [1.29, 1.82) is 0 Å². The minimum Gasteiger partial charge on any atom is -0.399 e. The smallest absolute Gasteiger partial charge is 0.399 e. The first-order valence-electron chi connectivity index (χ1n) is 8.89. The summed E-state index contributed by atoms with van der Waals surface area (Å²) in [5.41, 5.74) is 1.90. The first kappa shape index (κ1) is 19.9. The Morgan fingerprint density at radius 2 is 1.70 bits per heavy atom. The summed E-state index contributed by atoms with van der Waals surface area (Å²) in [4.78, 5) is 13.4. The van der Waals surface area contributed by atoms with Crippen molar-refractivity contribution < 1.29 is 14.1 Å². The fourth-order valence-electron chi connectivity index (χ4n) is 2.75. The number of aromatic nitrogens is 2. The van der Waals surface area contributed by atoms with Gasteiger partial charge in [-0.1, -0.05) is 35.9 Å². The number of benzene rings is 1. The van der Waals surface area contributed by atoms with E-state index in [9.17, 15) is 4.79 Å². The maximum Gasteiger partial charge on any atom is 0.494 e. The molecular formula is C19H25BClN3O3. The molecule has 1 aliphatic rings. The Hall–Kier alpha value is -1.83. The lowest BCUT2D eigenvalue weighted by Gasteiger charge is -2.32. The molecule has 0 spiro atoms. The third-order valence-electron chi connectivity index (χ3n) is 5.26. The minimum absolute atomic E-state index is 0.0446. The van der Waals surface area contributed by atoms with Gasteiger partial charge in [0.25, 0.3) is 0 Å². The van der Waals surface area contributed by atoms with E-state index in [1.165, 1.54) is 4.90 Å². The molecule has 1 aromatic heterocycles. The number of likely N-dealkylation sites (N-methyl/N-ethyl adjacent to an activating group) is 1. The van der Waals surface area contributed by atoms with Crippen molar-refractivity contribution in [3.63, 3.8) is 0 Å². The lowest BCUT2D eigenvalue weighted by Crippen LogP contribution is -2.41. The Morgan fingerprint density at radius 3 is 2.22 bits per heavy atom. The molecule has 1 amide bonds. The number of hydrogen-bond acceptors (Lipinski definition) is 4. The Labute approximate surface area is 165 Å². The Balaban J connectivity index is 1.79. The second kappa shape index (κ2) is 6.97. The quantitative estimate of drug-likeness (QED) is 0.754. The molecule has 6 nitrogen and oxygen atoms in total. The maximum absolute atomic E-state index is 11.9. The van der Waals surface area contributed by atoms with Gasteiger partial charge in [-0.15, -0.1) is 0 Å². The van der Waals surface area contributed by atoms with Crippen molar-refractivity contribution >= 4 is 30.1 Å². The molecule has 0 saturated carbocycles. The number of amides is 1. The Bertz CT molecular complexity index is 830. The van der Waals surface area contributed by atoms with Gasteiger partial charge in [0.1, 0.15) is 6.54 Å². The van der Waals surface area contributed by atoms with Crippen LogP contribution >= 0.6 is 11.6 Å². The lowest BCUT2D eigenvalue weighted by molar-refractivity contribution is -0.129. The fraction of sp³-hybridized carbons (Fsp3) is 0.474. The van der Waals surface area contributed by atoms with Gasteiger partial charge in [0.15, 0.2) is 5.15 Å². The molecule has 2 heterocycles. The molecule has 0 bridgehead atoms. The van der Waals surface area contributed by atoms with Gasteiger partial charge in [-0.25, -0.2) is 0 Å². The molecule has 1 saturated heterocycles. The first-order chi connectivity index (χ1) is 12.5. The fourth-order valence-corrected chi connectivity index (χ4v) is 3.01. The molecular weight excluding hydrogens is 364 g/mol. The van der Waals surface area contributed by atoms with E-state index in [4.69, 9.17) is 20.9 Å². The van der Waals surface area contributed by atoms with Crippen LogP contribution in [0, 0.1) is 0 Å². The number of carbonyl (C=O) groups excluding carboxylic acids is 1. The monoisotopic (exact) mass is 389 g/mol. The lowest BCUT2D eigenvalue weighted by atomic mass is 9.78. The van der Waals surface area contributed by atoms with Crippen LogP contribution in [-0.4, -0.2) is 53.0 Å². The summed E-state index contributed by atoms with van der Waals surface area (Å²) < 4.78 is 13.7. The molecule has 8 heteroatoms. The Morgan fingerprint density at radius 1 is 1.15 bits per heavy atom. The van der Waals surface area contributed by atoms with E-state index in [-0.39, 0.29) is 23.7 Å². The highest BCUT2D eigenvalue weighted by atomic mass is 35.5. The van der Waals surface area contributed by atoms with Crippen LogP contribution in [0.3, 0.4) is 0 Å². The zero-order valence-corrected chi connectivity index (χ0v) is 17.4. The van der Waals surface area contributed by atoms with E-state index >= 15 is 0 Å². The number of carbonyl (C=O) groups is 1. The largest absolute Gasteiger partial charge is 0.494 e. The van der Waals surface area contributed by atoms with Gasteiger partial charge >= 0.3 is 7.12 Å². The average Bonchev–Trinajstić information content (AvgIpc) is 3.03. The van der Waals surface area contributed by atoms with Crippen LogP contribution in [-0.2, 0) is 20.6 Å². The summed E-state index contributed by atoms with van der Waals surface area (Å²) in [7, 11) is 3.02. The van der Waals surface area contributed by atoms with Gasteiger partial charge in [-0.3, -0.25) is 9.48 Å². The van der Waals surface area contributed by atoms with Crippen LogP contribution in [0.25, 0.3) is 11.1 Å². The number of nitrogens with zero attached hydrogens (tertiary/aromatic N) is 3. The van der Waals surface area contributed by atoms with Gasteiger partial charge in [0, 0.05) is 25.9 Å². The van der Waals surface area contributed by atoms with Crippen molar-refractivity contribution in [3.8, 4) is 11.1 Å². The van der Waals surface area contributed by atoms with E-state index in [1.54, 1.807) is 25.0 Å². The average molecular weight is 390 g/mol. The molecule has 3 rings (SSSR count). The summed E-state index contributed by atoms with van der Waals surface area (Å²) in [6.45, 7) is 8.28. The summed E-state index contributed by atoms with van der Waals surface area (Å²) in [6, 6.07) is 7.86. The van der Waals surface area contributed by atoms with Crippen molar-refractivity contribution in [2.45, 2.75) is 45.4 Å². The predicted octanol–water partition coefficient (Wildman–Crippen LogP) is 2.59. The number of halogens is 1. The van der Waals surface area contributed by atoms with Crippen molar-refractivity contribution in [3.05, 3.63) is 35.6 Å². The van der Waals surface area contributed by atoms with Gasteiger partial charge in [0.05, 0.1) is 11.2 Å². The normalized spacial score (nSPS) is 18.0. The van der Waals surface area contributed by atoms with E-state index in [0.29, 0.717) is 5.15 Å². The second-order valence-electron chi connectivity index (χ2n) is 8.03. The molecule has 1 aliphatic heterocycles. The molecule has 2 aromatic rings. The van der Waals surface area contributed by atoms with E-state index in [2.05, 4.69) is 5.10 Å². The highest BCUT2D eigenvalue weighted by Crippen LogP contribution is 2.36. The number of hydrogen-bond donors (Lipinski definition) is 0. The Kier molecular flexibility index (Phi) is 5.14. The summed E-state index contributed by atoms with van der Waals surface area (Å²) in [5.74, 6) is -0.0446. The molecule has 0 unspecified atom stereocenters. The van der Waals surface area contributed by atoms with Crippen LogP contribution in [0.4, 0.5) is 0 Å². The van der Waals surface area contributed by atoms with E-state index < -0.39 is 7.12 Å². The van der Waals surface area contributed by atoms with Crippen LogP contribution < -0.4 is 5.46 Å². The number of rotatable bonds is 4. The third-order valence-corrected chi connectivity index (χ3v) is 5.54. The van der Waals surface area contributed by atoms with Crippen LogP contribution in [0.5, 0.6) is 0 Å². The zero-order valence-electron chi connectivity index (χ0n) is 16.6.